The molecule has 2 aromatic rings. The lowest BCUT2D eigenvalue weighted by molar-refractivity contribution is -0.144. The van der Waals surface area contributed by atoms with Crippen molar-refractivity contribution in [1.82, 2.24) is 31.2 Å². The molecule has 4 rings (SSSR count). The van der Waals surface area contributed by atoms with Crippen LogP contribution in [0.1, 0.15) is 83.5 Å². The first-order valence-electron chi connectivity index (χ1n) is 16.4. The Labute approximate surface area is 288 Å². The Bertz CT molecular complexity index is 1360. The number of thiazole rings is 1. The molecule has 0 bridgehead atoms. The van der Waals surface area contributed by atoms with Gasteiger partial charge in [-0.15, -0.1) is 23.7 Å². The molecule has 1 aromatic carbocycles. The van der Waals surface area contributed by atoms with Crippen molar-refractivity contribution in [3.63, 3.8) is 0 Å². The second-order valence-electron chi connectivity index (χ2n) is 13.7. The van der Waals surface area contributed by atoms with Crippen molar-refractivity contribution in [1.29, 1.82) is 0 Å². The molecule has 4 atom stereocenters. The lowest BCUT2D eigenvalue weighted by atomic mass is 9.85. The smallest absolute Gasteiger partial charge is 0.246 e. The Morgan fingerprint density at radius 2 is 1.74 bits per heavy atom. The molecule has 4 amide bonds. The number of nitrogens with one attached hydrogen (secondary N) is 4. The fraction of sp³-hybridized carbons (Fsp3) is 0.618. The first kappa shape index (κ1) is 38.4. The predicted octanol–water partition coefficient (Wildman–Crippen LogP) is 3.50. The summed E-state index contributed by atoms with van der Waals surface area (Å²) in [7, 11) is 0. The Balaban J connectivity index is 0.00000600. The first-order valence-corrected chi connectivity index (χ1v) is 17.3. The molecule has 2 aliphatic rings. The number of piperidine rings is 1. The molecule has 0 aliphatic carbocycles. The lowest BCUT2D eigenvalue weighted by Gasteiger charge is -2.35. The van der Waals surface area contributed by atoms with Crippen LogP contribution in [0.2, 0.25) is 0 Å². The zero-order valence-corrected chi connectivity index (χ0v) is 29.8. The molecular weight excluding hydrogens is 640 g/mol. The minimum absolute atomic E-state index is 0. The van der Waals surface area contributed by atoms with Crippen molar-refractivity contribution < 1.29 is 24.3 Å². The number of β-amino-alcohol motifs (C(OH)–C–C–N with tert-alkyl or cyclic N) is 1. The monoisotopic (exact) mass is 690 g/mol. The van der Waals surface area contributed by atoms with Crippen LogP contribution in [-0.4, -0.2) is 83.0 Å². The van der Waals surface area contributed by atoms with Crippen molar-refractivity contribution >= 4 is 47.4 Å². The zero-order chi connectivity index (χ0) is 33.4. The first-order chi connectivity index (χ1) is 21.8. The Morgan fingerprint density at radius 3 is 2.36 bits per heavy atom. The van der Waals surface area contributed by atoms with Crippen LogP contribution in [-0.2, 0) is 19.2 Å². The summed E-state index contributed by atoms with van der Waals surface area (Å²) in [4.78, 5) is 59.5. The van der Waals surface area contributed by atoms with Crippen LogP contribution in [0, 0.1) is 18.3 Å². The third-order valence-corrected chi connectivity index (χ3v) is 9.88. The molecule has 2 fully saturated rings. The number of carbonyl (C=O) groups excluding carboxylic acids is 4. The van der Waals surface area contributed by atoms with Crippen LogP contribution in [0.5, 0.6) is 0 Å². The summed E-state index contributed by atoms with van der Waals surface area (Å²) >= 11 is 1.58. The van der Waals surface area contributed by atoms with Crippen LogP contribution in [0.3, 0.4) is 0 Å². The molecule has 5 N–H and O–H groups in total. The number of aryl methyl sites for hydroxylation is 1. The maximum absolute atomic E-state index is 13.9. The van der Waals surface area contributed by atoms with E-state index in [0.717, 1.165) is 47.6 Å². The molecule has 1 unspecified atom stereocenters. The van der Waals surface area contributed by atoms with Gasteiger partial charge in [0.15, 0.2) is 0 Å². The van der Waals surface area contributed by atoms with E-state index in [1.807, 2.05) is 64.4 Å². The highest BCUT2D eigenvalue weighted by atomic mass is 35.5. The Hall–Kier alpha value is -3.06. The van der Waals surface area contributed by atoms with Gasteiger partial charge in [-0.2, -0.15) is 0 Å². The summed E-state index contributed by atoms with van der Waals surface area (Å²) in [5.41, 5.74) is 4.14. The van der Waals surface area contributed by atoms with Crippen LogP contribution in [0.15, 0.2) is 29.8 Å². The molecule has 13 heteroatoms. The highest BCUT2D eigenvalue weighted by molar-refractivity contribution is 7.13. The van der Waals surface area contributed by atoms with E-state index in [0.29, 0.717) is 19.4 Å². The molecule has 11 nitrogen and oxygen atoms in total. The van der Waals surface area contributed by atoms with Crippen molar-refractivity contribution in [3.05, 3.63) is 41.0 Å². The number of hydrogen-bond donors (Lipinski definition) is 5. The number of aliphatic hydroxyl groups is 1. The van der Waals surface area contributed by atoms with Gasteiger partial charge in [0.1, 0.15) is 12.1 Å². The highest BCUT2D eigenvalue weighted by Crippen LogP contribution is 2.29. The van der Waals surface area contributed by atoms with Gasteiger partial charge in [0.05, 0.1) is 28.2 Å². The molecule has 0 spiro atoms. The second-order valence-corrected chi connectivity index (χ2v) is 14.5. The number of likely N-dealkylation sites (tertiary alicyclic amines) is 1. The minimum Gasteiger partial charge on any atom is -0.391 e. The molecular formula is C34H51ClN6O5S. The molecule has 2 saturated heterocycles. The predicted molar refractivity (Wildman–Crippen MR) is 186 cm³/mol. The molecule has 3 heterocycles. The van der Waals surface area contributed by atoms with Gasteiger partial charge in [-0.05, 0) is 69.2 Å². The normalized spacial score (nSPS) is 19.7. The fourth-order valence-electron chi connectivity index (χ4n) is 6.10. The SMILES string of the molecule is Cc1ncsc1-c1ccc([C@H](C)NC(=O)[C@@H]2C[C@@H](O)CN2C(=O)C(NC(=O)CCCCNC(=O)C2CCNCC2)C(C)(C)C)cc1.Cl. The topological polar surface area (TPSA) is 153 Å². The van der Waals surface area contributed by atoms with E-state index in [9.17, 15) is 24.3 Å². The number of aromatic nitrogens is 1. The van der Waals surface area contributed by atoms with E-state index in [2.05, 4.69) is 26.3 Å². The fourth-order valence-corrected chi connectivity index (χ4v) is 6.91. The van der Waals surface area contributed by atoms with Gasteiger partial charge in [-0.3, -0.25) is 19.2 Å². The maximum atomic E-state index is 13.9. The standard InChI is InChI=1S/C34H50N6O5S.ClH/c1-21(23-9-11-24(12-10-23)29-22(2)37-20-46-29)38-32(44)27-18-26(41)19-40(27)33(45)30(34(3,4)5)39-28(42)8-6-7-15-36-31(43)25-13-16-35-17-14-25;/h9-12,20-21,25-27,30,35,41H,6-8,13-19H2,1-5H3,(H,36,43)(H,38,44)(H,39,42);1H/t21-,26+,27-,30?;/m0./s1. The highest BCUT2D eigenvalue weighted by Gasteiger charge is 2.44. The number of amides is 4. The van der Waals surface area contributed by atoms with E-state index in [1.54, 1.807) is 11.3 Å². The summed E-state index contributed by atoms with van der Waals surface area (Å²) in [6.07, 6.45) is 2.41. The van der Waals surface area contributed by atoms with Crippen LogP contribution < -0.4 is 21.3 Å². The number of unbranched alkanes of at least 4 members (excludes halogenated alkanes) is 1. The average Bonchev–Trinajstić information content (AvgIpc) is 3.64. The summed E-state index contributed by atoms with van der Waals surface area (Å²) < 4.78 is 0. The average molecular weight is 691 g/mol. The molecule has 0 saturated carbocycles. The van der Waals surface area contributed by atoms with E-state index < -0.39 is 23.6 Å². The summed E-state index contributed by atoms with van der Waals surface area (Å²) in [6.45, 7) is 11.7. The van der Waals surface area contributed by atoms with Crippen LogP contribution in [0.4, 0.5) is 0 Å². The molecule has 47 heavy (non-hydrogen) atoms. The van der Waals surface area contributed by atoms with Gasteiger partial charge < -0.3 is 31.3 Å². The van der Waals surface area contributed by atoms with E-state index in [-0.39, 0.29) is 67.4 Å². The van der Waals surface area contributed by atoms with Gasteiger partial charge in [0.2, 0.25) is 23.6 Å². The number of carbonyl (C=O) groups is 4. The molecule has 0 radical (unpaired) electrons. The summed E-state index contributed by atoms with van der Waals surface area (Å²) in [5, 5.41) is 22.7. The number of benzene rings is 1. The number of aliphatic hydroxyl groups excluding tert-OH is 1. The van der Waals surface area contributed by atoms with E-state index in [4.69, 9.17) is 0 Å². The van der Waals surface area contributed by atoms with Crippen molar-refractivity contribution in [2.24, 2.45) is 11.3 Å². The van der Waals surface area contributed by atoms with Crippen molar-refractivity contribution in [3.8, 4) is 10.4 Å². The maximum Gasteiger partial charge on any atom is 0.246 e. The third-order valence-electron chi connectivity index (χ3n) is 8.90. The Kier molecular flexibility index (Phi) is 14.2. The third kappa shape index (κ3) is 10.5. The van der Waals surface area contributed by atoms with Crippen molar-refractivity contribution in [2.45, 2.75) is 97.4 Å². The van der Waals surface area contributed by atoms with Crippen molar-refractivity contribution in [2.75, 3.05) is 26.2 Å². The minimum atomic E-state index is -0.875. The lowest BCUT2D eigenvalue weighted by Crippen LogP contribution is -2.57. The molecule has 260 valence electrons. The molecule has 2 aliphatic heterocycles. The van der Waals surface area contributed by atoms with Gasteiger partial charge in [0.25, 0.3) is 0 Å². The van der Waals surface area contributed by atoms with Gasteiger partial charge in [0, 0.05) is 31.8 Å². The summed E-state index contributed by atoms with van der Waals surface area (Å²) in [5.74, 6) is -0.866. The van der Waals surface area contributed by atoms with Crippen LogP contribution in [0.25, 0.3) is 10.4 Å². The van der Waals surface area contributed by atoms with Gasteiger partial charge in [-0.1, -0.05) is 45.0 Å². The molecule has 1 aromatic heterocycles. The quantitative estimate of drug-likeness (QED) is 0.214. The number of nitrogens with zero attached hydrogens (tertiary/aromatic N) is 2. The number of halogens is 1. The summed E-state index contributed by atoms with van der Waals surface area (Å²) in [6, 6.07) is 5.92. The number of rotatable bonds is 12. The second kappa shape index (κ2) is 17.4. The largest absolute Gasteiger partial charge is 0.391 e. The van der Waals surface area contributed by atoms with Gasteiger partial charge in [-0.25, -0.2) is 4.98 Å². The van der Waals surface area contributed by atoms with E-state index in [1.165, 1.54) is 4.90 Å². The number of hydrogen-bond acceptors (Lipinski definition) is 8. The van der Waals surface area contributed by atoms with Gasteiger partial charge >= 0.3 is 0 Å². The van der Waals surface area contributed by atoms with Crippen LogP contribution >= 0.6 is 23.7 Å². The zero-order valence-electron chi connectivity index (χ0n) is 28.1. The van der Waals surface area contributed by atoms with E-state index >= 15 is 0 Å². The Morgan fingerprint density at radius 1 is 1.06 bits per heavy atom.